The quantitative estimate of drug-likeness (QED) is 0.383. The number of anilines is 1. The van der Waals surface area contributed by atoms with E-state index in [1.807, 2.05) is 4.90 Å². The lowest BCUT2D eigenvalue weighted by atomic mass is 9.91. The van der Waals surface area contributed by atoms with Crippen LogP contribution < -0.4 is 21.5 Å². The molecule has 0 bridgehead atoms. The van der Waals surface area contributed by atoms with Crippen LogP contribution in [0, 0.1) is 11.8 Å². The van der Waals surface area contributed by atoms with Crippen molar-refractivity contribution in [2.45, 2.75) is 32.1 Å². The Kier molecular flexibility index (Phi) is 8.74. The number of piperazine rings is 1. The van der Waals surface area contributed by atoms with Gasteiger partial charge in [0.25, 0.3) is 5.56 Å². The molecule has 0 amide bonds. The Morgan fingerprint density at radius 2 is 1.65 bits per heavy atom. The van der Waals surface area contributed by atoms with E-state index in [2.05, 4.69) is 17.2 Å². The number of nitrogens with one attached hydrogen (secondary N) is 1. The monoisotopic (exact) mass is 564 g/mol. The summed E-state index contributed by atoms with van der Waals surface area (Å²) in [5, 5.41) is 20.7. The van der Waals surface area contributed by atoms with Gasteiger partial charge in [-0.3, -0.25) is 18.5 Å². The van der Waals surface area contributed by atoms with Gasteiger partial charge in [-0.15, -0.1) is 5.92 Å². The van der Waals surface area contributed by atoms with E-state index < -0.39 is 34.9 Å². The molecule has 214 valence electrons. The molecule has 3 aromatic rings. The Bertz CT molecular complexity index is 1590. The number of imidazole rings is 1. The minimum atomic E-state index is -5.08. The number of carboxylic acids is 2. The second-order valence-corrected chi connectivity index (χ2v) is 8.86. The fourth-order valence-corrected chi connectivity index (χ4v) is 4.21. The van der Waals surface area contributed by atoms with Gasteiger partial charge in [-0.2, -0.15) is 18.2 Å². The summed E-state index contributed by atoms with van der Waals surface area (Å²) in [5.41, 5.74) is -2.51. The van der Waals surface area contributed by atoms with Crippen molar-refractivity contribution in [2.75, 3.05) is 31.1 Å². The van der Waals surface area contributed by atoms with Crippen LogP contribution in [0.5, 0.6) is 0 Å². The van der Waals surface area contributed by atoms with Crippen molar-refractivity contribution in [1.29, 1.82) is 0 Å². The Labute approximate surface area is 225 Å². The normalized spacial score (nSPS) is 14.9. The third-order valence-electron chi connectivity index (χ3n) is 6.38. The fraction of sp³-hybridized carbons (Fsp3) is 0.400. The Morgan fingerprint density at radius 3 is 2.15 bits per heavy atom. The highest BCUT2D eigenvalue weighted by atomic mass is 19.4. The number of aliphatic carboxylic acids is 2. The van der Waals surface area contributed by atoms with Gasteiger partial charge in [0.2, 0.25) is 5.95 Å². The van der Waals surface area contributed by atoms with Crippen molar-refractivity contribution in [3.05, 3.63) is 56.7 Å². The first kappa shape index (κ1) is 30.0. The molecule has 4 rings (SSSR count). The minimum absolute atomic E-state index is 0.0308. The summed E-state index contributed by atoms with van der Waals surface area (Å²) in [6, 6.07) is 8.48. The van der Waals surface area contributed by atoms with Crippen LogP contribution in [0.4, 0.5) is 19.1 Å². The van der Waals surface area contributed by atoms with E-state index in [1.54, 1.807) is 41.8 Å². The van der Waals surface area contributed by atoms with E-state index in [9.17, 15) is 32.7 Å². The molecule has 0 radical (unpaired) electrons. The number of hydrogen-bond donors (Lipinski definition) is 3. The number of fused-ring (bicyclic) bond motifs is 1. The predicted octanol–water partition coefficient (Wildman–Crippen LogP) is 0.811. The van der Waals surface area contributed by atoms with Crippen molar-refractivity contribution < 1.29 is 33.0 Å². The zero-order valence-corrected chi connectivity index (χ0v) is 21.8. The predicted molar refractivity (Wildman–Crippen MR) is 138 cm³/mol. The molecule has 40 heavy (non-hydrogen) atoms. The molecule has 1 aliphatic heterocycles. The smallest absolute Gasteiger partial charge is 0.479 e. The van der Waals surface area contributed by atoms with E-state index >= 15 is 0 Å². The lowest BCUT2D eigenvalue weighted by Gasteiger charge is -2.28. The third kappa shape index (κ3) is 5.57. The van der Waals surface area contributed by atoms with Crippen LogP contribution >= 0.6 is 0 Å². The molecule has 0 saturated carbocycles. The number of hydrogen-bond acceptors (Lipinski definition) is 7. The summed E-state index contributed by atoms with van der Waals surface area (Å²) < 4.78 is 35.5. The van der Waals surface area contributed by atoms with Gasteiger partial charge in [-0.1, -0.05) is 36.3 Å². The molecule has 0 aliphatic carbocycles. The van der Waals surface area contributed by atoms with Crippen molar-refractivity contribution >= 4 is 29.1 Å². The van der Waals surface area contributed by atoms with E-state index in [1.165, 1.54) is 14.0 Å². The molecule has 15 heteroatoms. The molecule has 1 aliphatic rings. The van der Waals surface area contributed by atoms with Gasteiger partial charge >= 0.3 is 23.8 Å². The average molecular weight is 565 g/mol. The first-order valence-electron chi connectivity index (χ1n) is 11.9. The molecule has 12 nitrogen and oxygen atoms in total. The summed E-state index contributed by atoms with van der Waals surface area (Å²) in [7, 11) is 1.35. The lowest BCUT2D eigenvalue weighted by molar-refractivity contribution is -0.192. The van der Waals surface area contributed by atoms with Crippen LogP contribution in [-0.4, -0.2) is 73.2 Å². The Hall–Kier alpha value is -4.58. The minimum Gasteiger partial charge on any atom is -0.479 e. The Morgan fingerprint density at radius 1 is 1.07 bits per heavy atom. The van der Waals surface area contributed by atoms with Gasteiger partial charge in [0, 0.05) is 33.2 Å². The molecule has 0 spiro atoms. The van der Waals surface area contributed by atoms with Crippen LogP contribution in [0.25, 0.3) is 11.2 Å². The standard InChI is InChI=1S/C23H26N6O4.C2HF3O2/c1-4-5-13-28-17-18(25-21(28)27-14-11-24-12-15-27)29(22(33)26(3)19(17)30)23(2,20(31)32)16-9-7-6-8-10-16;3-2(4,5)1(6)7/h6-10,24H,11-15H2,1-3H3,(H,31,32);(H,6,7). The summed E-state index contributed by atoms with van der Waals surface area (Å²) in [4.78, 5) is 55.0. The highest BCUT2D eigenvalue weighted by Gasteiger charge is 2.42. The molecule has 1 fully saturated rings. The maximum Gasteiger partial charge on any atom is 0.490 e. The van der Waals surface area contributed by atoms with E-state index in [4.69, 9.17) is 14.9 Å². The van der Waals surface area contributed by atoms with Gasteiger partial charge in [-0.25, -0.2) is 14.4 Å². The van der Waals surface area contributed by atoms with Crippen LogP contribution in [0.2, 0.25) is 0 Å². The molecule has 3 N–H and O–H groups in total. The Balaban J connectivity index is 0.000000559. The van der Waals surface area contributed by atoms with Crippen LogP contribution in [-0.2, 0) is 28.7 Å². The van der Waals surface area contributed by atoms with E-state index in [0.717, 1.165) is 22.2 Å². The van der Waals surface area contributed by atoms with Gasteiger partial charge < -0.3 is 20.4 Å². The average Bonchev–Trinajstić information content (AvgIpc) is 3.30. The number of nitrogens with zero attached hydrogens (tertiary/aromatic N) is 5. The SMILES string of the molecule is CC#CCn1c(N2CCNCC2)nc2c1c(=O)n(C)c(=O)n2C(C)(C(=O)O)c1ccccc1.O=C(O)C(F)(F)F. The first-order valence-corrected chi connectivity index (χ1v) is 11.9. The zero-order chi connectivity index (χ0) is 29.8. The third-order valence-corrected chi connectivity index (χ3v) is 6.38. The van der Waals surface area contributed by atoms with Crippen LogP contribution in [0.1, 0.15) is 19.4 Å². The van der Waals surface area contributed by atoms with Crippen molar-refractivity contribution in [3.8, 4) is 11.8 Å². The number of carbonyl (C=O) groups is 2. The summed E-state index contributed by atoms with van der Waals surface area (Å²) >= 11 is 0. The van der Waals surface area contributed by atoms with Gasteiger partial charge in [0.15, 0.2) is 16.7 Å². The van der Waals surface area contributed by atoms with Crippen LogP contribution in [0.15, 0.2) is 39.9 Å². The van der Waals surface area contributed by atoms with Crippen LogP contribution in [0.3, 0.4) is 0 Å². The second kappa shape index (κ2) is 11.7. The second-order valence-electron chi connectivity index (χ2n) is 8.86. The van der Waals surface area contributed by atoms with Gasteiger partial charge in [0.1, 0.15) is 0 Å². The number of rotatable bonds is 5. The highest BCUT2D eigenvalue weighted by Crippen LogP contribution is 2.29. The first-order chi connectivity index (χ1) is 18.8. The topological polar surface area (TPSA) is 152 Å². The molecule has 3 heterocycles. The van der Waals surface area contributed by atoms with E-state index in [-0.39, 0.29) is 17.7 Å². The molecule has 1 unspecified atom stereocenters. The maximum atomic E-state index is 13.4. The van der Waals surface area contributed by atoms with Gasteiger partial charge in [0.05, 0.1) is 6.54 Å². The molecule has 1 saturated heterocycles. The number of benzene rings is 1. The molecule has 1 atom stereocenters. The summed E-state index contributed by atoms with van der Waals surface area (Å²) in [6.45, 7) is 6.13. The molecular formula is C25H27F3N6O6. The zero-order valence-electron chi connectivity index (χ0n) is 21.8. The molecular weight excluding hydrogens is 537 g/mol. The fourth-order valence-electron chi connectivity index (χ4n) is 4.21. The van der Waals surface area contributed by atoms with Crippen molar-refractivity contribution in [3.63, 3.8) is 0 Å². The lowest BCUT2D eigenvalue weighted by Crippen LogP contribution is -2.51. The largest absolute Gasteiger partial charge is 0.490 e. The summed E-state index contributed by atoms with van der Waals surface area (Å²) in [5.74, 6) is 2.31. The maximum absolute atomic E-state index is 13.4. The summed E-state index contributed by atoms with van der Waals surface area (Å²) in [6.07, 6.45) is -5.08. The number of aromatic nitrogens is 4. The van der Waals surface area contributed by atoms with Crippen molar-refractivity contribution in [2.24, 2.45) is 7.05 Å². The van der Waals surface area contributed by atoms with E-state index in [0.29, 0.717) is 24.6 Å². The highest BCUT2D eigenvalue weighted by molar-refractivity contribution is 5.84. The molecule has 2 aromatic heterocycles. The van der Waals surface area contributed by atoms with Crippen molar-refractivity contribution in [1.82, 2.24) is 24.0 Å². The number of alkyl halides is 3. The van der Waals surface area contributed by atoms with Gasteiger partial charge in [-0.05, 0) is 19.4 Å². The number of halogens is 3. The number of carboxylic acid groups (broad SMARTS) is 2. The molecule has 1 aromatic carbocycles.